The van der Waals surface area contributed by atoms with Crippen molar-refractivity contribution in [1.82, 2.24) is 4.90 Å². The number of amides is 2. The SMILES string of the molecule is CCOC(=O)[C@H]1[C@H]2C(=O)N(CCCCO)C(C(=O)Nc3c(C)cccc3C)C23CC(C)[C@]1(C)O3. The average molecular weight is 473 g/mol. The minimum Gasteiger partial charge on any atom is -0.466 e. The van der Waals surface area contributed by atoms with Gasteiger partial charge in [-0.3, -0.25) is 14.4 Å². The van der Waals surface area contributed by atoms with Crippen LogP contribution in [-0.4, -0.2) is 64.8 Å². The van der Waals surface area contributed by atoms with Gasteiger partial charge in [0.05, 0.1) is 18.1 Å². The number of likely N-dealkylation sites (tertiary alicyclic amines) is 1. The van der Waals surface area contributed by atoms with E-state index in [-0.39, 0.29) is 30.9 Å². The van der Waals surface area contributed by atoms with Crippen LogP contribution in [0.25, 0.3) is 0 Å². The van der Waals surface area contributed by atoms with Gasteiger partial charge < -0.3 is 24.8 Å². The highest BCUT2D eigenvalue weighted by molar-refractivity contribution is 6.04. The number of aliphatic hydroxyl groups excluding tert-OH is 1. The largest absolute Gasteiger partial charge is 0.466 e. The highest BCUT2D eigenvalue weighted by atomic mass is 16.6. The molecule has 8 heteroatoms. The molecule has 3 unspecified atom stereocenters. The number of nitrogens with one attached hydrogen (secondary N) is 1. The van der Waals surface area contributed by atoms with Gasteiger partial charge in [0, 0.05) is 18.8 Å². The maximum Gasteiger partial charge on any atom is 0.312 e. The van der Waals surface area contributed by atoms with Crippen LogP contribution in [0.4, 0.5) is 5.69 Å². The Kier molecular flexibility index (Phi) is 6.50. The molecule has 3 aliphatic rings. The first-order chi connectivity index (χ1) is 16.1. The Morgan fingerprint density at radius 1 is 1.26 bits per heavy atom. The van der Waals surface area contributed by atoms with Crippen molar-refractivity contribution < 1.29 is 29.0 Å². The standard InChI is InChI=1S/C26H36N2O6/c1-6-33-24(32)19-18-23(31)28(12-7-8-13-29)21(26(18)14-17(4)25(19,5)34-26)22(30)27-20-15(2)10-9-11-16(20)3/h9-11,17-19,21,29H,6-8,12-14H2,1-5H3,(H,27,30)/t17?,18-,19+,21?,25-,26?/m0/s1. The second-order valence-corrected chi connectivity index (χ2v) is 10.2. The molecule has 3 heterocycles. The fourth-order valence-corrected chi connectivity index (χ4v) is 6.47. The van der Waals surface area contributed by atoms with Crippen molar-refractivity contribution in [3.8, 4) is 0 Å². The van der Waals surface area contributed by atoms with Crippen LogP contribution in [0, 0.1) is 31.6 Å². The molecule has 0 aromatic heterocycles. The summed E-state index contributed by atoms with van der Waals surface area (Å²) < 4.78 is 12.0. The third-order valence-corrected chi connectivity index (χ3v) is 8.14. The lowest BCUT2D eigenvalue weighted by molar-refractivity contribution is -0.160. The number of hydrogen-bond acceptors (Lipinski definition) is 6. The van der Waals surface area contributed by atoms with Gasteiger partial charge in [0.25, 0.3) is 0 Å². The van der Waals surface area contributed by atoms with Crippen LogP contribution in [0.3, 0.4) is 0 Å². The first-order valence-corrected chi connectivity index (χ1v) is 12.3. The molecule has 2 bridgehead atoms. The summed E-state index contributed by atoms with van der Waals surface area (Å²) in [5.41, 5.74) is 0.618. The zero-order chi connectivity index (χ0) is 24.8. The van der Waals surface area contributed by atoms with E-state index in [1.54, 1.807) is 11.8 Å². The molecule has 2 N–H and O–H groups in total. The van der Waals surface area contributed by atoms with Crippen molar-refractivity contribution >= 4 is 23.5 Å². The summed E-state index contributed by atoms with van der Waals surface area (Å²) in [4.78, 5) is 42.4. The van der Waals surface area contributed by atoms with E-state index in [2.05, 4.69) is 5.32 Å². The van der Waals surface area contributed by atoms with Gasteiger partial charge in [-0.15, -0.1) is 0 Å². The molecule has 3 aliphatic heterocycles. The van der Waals surface area contributed by atoms with Gasteiger partial charge in [0.1, 0.15) is 17.6 Å². The van der Waals surface area contributed by atoms with Gasteiger partial charge >= 0.3 is 5.97 Å². The van der Waals surface area contributed by atoms with Crippen LogP contribution in [0.2, 0.25) is 0 Å². The number of unbranched alkanes of at least 4 members (excludes halogenated alkanes) is 1. The molecular formula is C26H36N2O6. The summed E-state index contributed by atoms with van der Waals surface area (Å²) >= 11 is 0. The Morgan fingerprint density at radius 3 is 2.56 bits per heavy atom. The van der Waals surface area contributed by atoms with Crippen LogP contribution in [0.15, 0.2) is 18.2 Å². The summed E-state index contributed by atoms with van der Waals surface area (Å²) in [5.74, 6) is -2.55. The zero-order valence-corrected chi connectivity index (χ0v) is 20.7. The van der Waals surface area contributed by atoms with Crippen LogP contribution in [-0.2, 0) is 23.9 Å². The van der Waals surface area contributed by atoms with Crippen molar-refractivity contribution in [1.29, 1.82) is 0 Å². The van der Waals surface area contributed by atoms with E-state index in [0.29, 0.717) is 25.8 Å². The van der Waals surface area contributed by atoms with Gasteiger partial charge in [-0.2, -0.15) is 0 Å². The lowest BCUT2D eigenvalue weighted by Gasteiger charge is -2.35. The number of esters is 1. The molecule has 1 aromatic rings. The first kappa shape index (κ1) is 24.7. The van der Waals surface area contributed by atoms with Crippen LogP contribution in [0.1, 0.15) is 51.2 Å². The fraction of sp³-hybridized carbons (Fsp3) is 0.654. The second-order valence-electron chi connectivity index (χ2n) is 10.2. The molecule has 3 fully saturated rings. The minimum absolute atomic E-state index is 0.00687. The summed E-state index contributed by atoms with van der Waals surface area (Å²) in [6.07, 6.45) is 1.58. The van der Waals surface area contributed by atoms with Crippen molar-refractivity contribution in [2.24, 2.45) is 17.8 Å². The predicted molar refractivity (Wildman–Crippen MR) is 126 cm³/mol. The number of carbonyl (C=O) groups excluding carboxylic acids is 3. The van der Waals surface area contributed by atoms with Gasteiger partial charge in [-0.05, 0) is 64.0 Å². The number of aryl methyl sites for hydroxylation is 2. The summed E-state index contributed by atoms with van der Waals surface area (Å²) in [6.45, 7) is 10.0. The maximum absolute atomic E-state index is 13.9. The van der Waals surface area contributed by atoms with Crippen molar-refractivity contribution in [2.75, 3.05) is 25.1 Å². The Labute approximate surface area is 201 Å². The summed E-state index contributed by atoms with van der Waals surface area (Å²) in [5, 5.41) is 12.3. The Morgan fingerprint density at radius 2 is 1.94 bits per heavy atom. The predicted octanol–water partition coefficient (Wildman–Crippen LogP) is 2.59. The highest BCUT2D eigenvalue weighted by Crippen LogP contribution is 2.65. The lowest BCUT2D eigenvalue weighted by atomic mass is 9.62. The maximum atomic E-state index is 13.9. The monoisotopic (exact) mass is 472 g/mol. The number of aliphatic hydroxyl groups is 1. The molecule has 34 heavy (non-hydrogen) atoms. The van der Waals surface area contributed by atoms with E-state index in [1.807, 2.05) is 45.9 Å². The van der Waals surface area contributed by atoms with E-state index < -0.39 is 35.0 Å². The Balaban J connectivity index is 1.76. The minimum atomic E-state index is -1.09. The summed E-state index contributed by atoms with van der Waals surface area (Å²) in [6, 6.07) is 4.93. The topological polar surface area (TPSA) is 105 Å². The van der Waals surface area contributed by atoms with Gasteiger partial charge in [0.15, 0.2) is 0 Å². The molecule has 0 aliphatic carbocycles. The number of benzene rings is 1. The lowest BCUT2D eigenvalue weighted by Crippen LogP contribution is -2.54. The van der Waals surface area contributed by atoms with Crippen LogP contribution in [0.5, 0.6) is 0 Å². The van der Waals surface area contributed by atoms with E-state index in [0.717, 1.165) is 16.8 Å². The molecule has 1 spiro atoms. The van der Waals surface area contributed by atoms with Crippen molar-refractivity contribution in [3.05, 3.63) is 29.3 Å². The molecule has 4 rings (SSSR count). The van der Waals surface area contributed by atoms with Crippen molar-refractivity contribution in [2.45, 2.75) is 71.1 Å². The molecule has 0 saturated carbocycles. The Bertz CT molecular complexity index is 975. The fourth-order valence-electron chi connectivity index (χ4n) is 6.47. The number of fused-ring (bicyclic) bond motifs is 1. The van der Waals surface area contributed by atoms with E-state index in [1.165, 1.54) is 0 Å². The number of hydrogen-bond donors (Lipinski definition) is 2. The number of carbonyl (C=O) groups is 3. The van der Waals surface area contributed by atoms with E-state index in [4.69, 9.17) is 9.47 Å². The van der Waals surface area contributed by atoms with E-state index >= 15 is 0 Å². The average Bonchev–Trinajstić information content (AvgIpc) is 3.28. The molecule has 186 valence electrons. The number of rotatable bonds is 8. The summed E-state index contributed by atoms with van der Waals surface area (Å²) in [7, 11) is 0. The molecule has 3 saturated heterocycles. The molecule has 1 aromatic carbocycles. The third kappa shape index (κ3) is 3.53. The molecule has 6 atom stereocenters. The quantitative estimate of drug-likeness (QED) is 0.445. The first-order valence-electron chi connectivity index (χ1n) is 12.3. The molecule has 2 amide bonds. The molecule has 0 radical (unpaired) electrons. The zero-order valence-electron chi connectivity index (χ0n) is 20.7. The van der Waals surface area contributed by atoms with E-state index in [9.17, 15) is 19.5 Å². The Hall–Kier alpha value is -2.45. The number of para-hydroxylation sites is 1. The normalized spacial score (nSPS) is 33.8. The smallest absolute Gasteiger partial charge is 0.312 e. The number of anilines is 1. The molecular weight excluding hydrogens is 436 g/mol. The van der Waals surface area contributed by atoms with Crippen LogP contribution < -0.4 is 5.32 Å². The highest BCUT2D eigenvalue weighted by Gasteiger charge is 2.80. The van der Waals surface area contributed by atoms with Crippen LogP contribution >= 0.6 is 0 Å². The van der Waals surface area contributed by atoms with Gasteiger partial charge in [-0.25, -0.2) is 0 Å². The van der Waals surface area contributed by atoms with Crippen molar-refractivity contribution in [3.63, 3.8) is 0 Å². The molecule has 8 nitrogen and oxygen atoms in total. The second kappa shape index (κ2) is 8.96. The number of ether oxygens (including phenoxy) is 2. The van der Waals surface area contributed by atoms with Gasteiger partial charge in [0.2, 0.25) is 11.8 Å². The third-order valence-electron chi connectivity index (χ3n) is 8.14. The number of nitrogens with zero attached hydrogens (tertiary/aromatic N) is 1. The van der Waals surface area contributed by atoms with Gasteiger partial charge in [-0.1, -0.05) is 25.1 Å².